The molecule has 3 rings (SSSR count). The first-order valence-electron chi connectivity index (χ1n) is 7.81. The number of fused-ring (bicyclic) bond motifs is 1. The van der Waals surface area contributed by atoms with Gasteiger partial charge in [0.1, 0.15) is 11.4 Å². The summed E-state index contributed by atoms with van der Waals surface area (Å²) in [4.78, 5) is 16.1. The van der Waals surface area contributed by atoms with Crippen molar-refractivity contribution < 1.29 is 13.7 Å². The van der Waals surface area contributed by atoms with Crippen LogP contribution in [0.25, 0.3) is 10.9 Å². The number of amides is 1. The molecule has 6 heteroatoms. The van der Waals surface area contributed by atoms with E-state index in [0.717, 1.165) is 22.0 Å². The molecule has 0 saturated heterocycles. The molecule has 2 aromatic carbocycles. The van der Waals surface area contributed by atoms with E-state index >= 15 is 0 Å². The van der Waals surface area contributed by atoms with Crippen LogP contribution in [0.4, 0.5) is 0 Å². The summed E-state index contributed by atoms with van der Waals surface area (Å²) in [6.07, 6.45) is 1.46. The Hall–Kier alpha value is -2.60. The Morgan fingerprint density at radius 1 is 1.12 bits per heavy atom. The fourth-order valence-corrected chi connectivity index (χ4v) is 3.82. The molecule has 130 valence electrons. The Labute approximate surface area is 147 Å². The number of carbonyl (C=O) groups is 1. The Balaban J connectivity index is 2.00. The molecule has 25 heavy (non-hydrogen) atoms. The summed E-state index contributed by atoms with van der Waals surface area (Å²) in [5, 5.41) is 0.977. The molecule has 0 aliphatic rings. The number of aryl methyl sites for hydroxylation is 2. The second kappa shape index (κ2) is 6.37. The van der Waals surface area contributed by atoms with E-state index in [2.05, 4.69) is 9.35 Å². The molecule has 1 amide bonds. The molecule has 0 radical (unpaired) electrons. The number of hydrogen-bond acceptors (Lipinski definition) is 3. The van der Waals surface area contributed by atoms with Gasteiger partial charge in [-0.1, -0.05) is 6.07 Å². The van der Waals surface area contributed by atoms with E-state index in [1.54, 1.807) is 37.4 Å². The van der Waals surface area contributed by atoms with Crippen molar-refractivity contribution in [3.63, 3.8) is 0 Å². The quantitative estimate of drug-likeness (QED) is 0.768. The van der Waals surface area contributed by atoms with Crippen molar-refractivity contribution in [2.75, 3.05) is 13.4 Å². The standard InChI is InChI=1S/C19H20N2O3S/c1-12-5-10-17-16(13(12)2)11-18(20-17)19(22)21-25(4,23)15-8-6-14(24-3)7-9-15/h5-11,20H,1-4H3. The average molecular weight is 356 g/mol. The van der Waals surface area contributed by atoms with Gasteiger partial charge in [0.2, 0.25) is 0 Å². The molecule has 1 N–H and O–H groups in total. The number of rotatable bonds is 3. The summed E-state index contributed by atoms with van der Waals surface area (Å²) in [7, 11) is -1.28. The Kier molecular flexibility index (Phi) is 4.39. The third kappa shape index (κ3) is 3.30. The highest BCUT2D eigenvalue weighted by Crippen LogP contribution is 2.23. The van der Waals surface area contributed by atoms with Crippen LogP contribution in [0.15, 0.2) is 51.7 Å². The summed E-state index contributed by atoms with van der Waals surface area (Å²) in [6, 6.07) is 12.4. The van der Waals surface area contributed by atoms with E-state index in [1.807, 2.05) is 26.0 Å². The zero-order valence-electron chi connectivity index (χ0n) is 14.6. The van der Waals surface area contributed by atoms with Crippen molar-refractivity contribution in [3.05, 3.63) is 59.3 Å². The summed E-state index contributed by atoms with van der Waals surface area (Å²) >= 11 is 0. The zero-order valence-corrected chi connectivity index (χ0v) is 15.4. The molecular weight excluding hydrogens is 336 g/mol. The molecule has 0 bridgehead atoms. The molecule has 0 saturated carbocycles. The third-order valence-corrected chi connectivity index (χ3v) is 5.99. The average Bonchev–Trinajstić information content (AvgIpc) is 3.03. The molecule has 3 aromatic rings. The molecule has 0 aliphatic heterocycles. The number of carbonyl (C=O) groups excluding carboxylic acids is 1. The lowest BCUT2D eigenvalue weighted by atomic mass is 10.1. The van der Waals surface area contributed by atoms with Crippen molar-refractivity contribution in [2.24, 2.45) is 4.36 Å². The van der Waals surface area contributed by atoms with E-state index in [1.165, 1.54) is 6.26 Å². The molecule has 1 atom stereocenters. The lowest BCUT2D eigenvalue weighted by Crippen LogP contribution is -2.04. The first kappa shape index (κ1) is 17.2. The minimum Gasteiger partial charge on any atom is -0.497 e. The van der Waals surface area contributed by atoms with Gasteiger partial charge >= 0.3 is 5.91 Å². The molecule has 1 aromatic heterocycles. The van der Waals surface area contributed by atoms with Crippen LogP contribution in [0.5, 0.6) is 5.75 Å². The van der Waals surface area contributed by atoms with Crippen molar-refractivity contribution in [2.45, 2.75) is 18.7 Å². The third-order valence-electron chi connectivity index (χ3n) is 4.33. The van der Waals surface area contributed by atoms with Gasteiger partial charge in [-0.25, -0.2) is 4.21 Å². The lowest BCUT2D eigenvalue weighted by Gasteiger charge is -2.05. The van der Waals surface area contributed by atoms with Crippen LogP contribution in [0.2, 0.25) is 0 Å². The van der Waals surface area contributed by atoms with E-state index in [0.29, 0.717) is 16.3 Å². The van der Waals surface area contributed by atoms with Gasteiger partial charge in [0.15, 0.2) is 0 Å². The predicted octanol–water partition coefficient (Wildman–Crippen LogP) is 4.09. The number of nitrogens with one attached hydrogen (secondary N) is 1. The number of ether oxygens (including phenoxy) is 1. The van der Waals surface area contributed by atoms with Crippen molar-refractivity contribution >= 4 is 26.5 Å². The summed E-state index contributed by atoms with van der Waals surface area (Å²) < 4.78 is 21.9. The summed E-state index contributed by atoms with van der Waals surface area (Å²) in [6.45, 7) is 4.04. The molecule has 1 heterocycles. The number of aromatic nitrogens is 1. The van der Waals surface area contributed by atoms with Gasteiger partial charge in [0, 0.05) is 22.1 Å². The van der Waals surface area contributed by atoms with Crippen LogP contribution in [0.1, 0.15) is 21.6 Å². The molecule has 5 nitrogen and oxygen atoms in total. The second-order valence-electron chi connectivity index (χ2n) is 6.03. The zero-order chi connectivity index (χ0) is 18.2. The maximum absolute atomic E-state index is 12.9. The van der Waals surface area contributed by atoms with Gasteiger partial charge < -0.3 is 9.72 Å². The highest BCUT2D eigenvalue weighted by molar-refractivity contribution is 7.93. The first-order valence-corrected chi connectivity index (χ1v) is 9.73. The maximum Gasteiger partial charge on any atom is 0.301 e. The number of nitrogens with zero attached hydrogens (tertiary/aromatic N) is 1. The topological polar surface area (TPSA) is 71.5 Å². The Morgan fingerprint density at radius 2 is 1.80 bits per heavy atom. The number of benzene rings is 2. The van der Waals surface area contributed by atoms with Gasteiger partial charge in [0.05, 0.1) is 16.8 Å². The second-order valence-corrected chi connectivity index (χ2v) is 8.29. The van der Waals surface area contributed by atoms with Crippen molar-refractivity contribution in [1.82, 2.24) is 4.98 Å². The van der Waals surface area contributed by atoms with Crippen LogP contribution >= 0.6 is 0 Å². The van der Waals surface area contributed by atoms with Crippen LogP contribution in [-0.4, -0.2) is 28.5 Å². The van der Waals surface area contributed by atoms with E-state index in [4.69, 9.17) is 4.74 Å². The normalized spacial score (nSPS) is 13.4. The fraction of sp³-hybridized carbons (Fsp3) is 0.211. The number of H-pyrrole nitrogens is 1. The number of hydrogen-bond donors (Lipinski definition) is 1. The Morgan fingerprint density at radius 3 is 2.44 bits per heavy atom. The fourth-order valence-electron chi connectivity index (χ4n) is 2.66. The first-order chi connectivity index (χ1) is 11.8. The highest BCUT2D eigenvalue weighted by atomic mass is 32.2. The minimum atomic E-state index is -2.84. The van der Waals surface area contributed by atoms with Gasteiger partial charge in [0.25, 0.3) is 0 Å². The summed E-state index contributed by atoms with van der Waals surface area (Å²) in [5.74, 6) is 0.142. The Bertz CT molecular complexity index is 1070. The van der Waals surface area contributed by atoms with Crippen LogP contribution < -0.4 is 4.74 Å². The molecule has 1 unspecified atom stereocenters. The van der Waals surface area contributed by atoms with Crippen LogP contribution in [0, 0.1) is 13.8 Å². The largest absolute Gasteiger partial charge is 0.497 e. The smallest absolute Gasteiger partial charge is 0.301 e. The molecule has 0 spiro atoms. The van der Waals surface area contributed by atoms with Crippen LogP contribution in [0.3, 0.4) is 0 Å². The molecular formula is C19H20N2O3S. The molecule has 0 aliphatic carbocycles. The van der Waals surface area contributed by atoms with E-state index in [9.17, 15) is 9.00 Å². The number of methoxy groups -OCH3 is 1. The summed E-state index contributed by atoms with van der Waals surface area (Å²) in [5.41, 5.74) is 3.47. The van der Waals surface area contributed by atoms with Gasteiger partial charge in [-0.2, -0.15) is 4.36 Å². The molecule has 0 fully saturated rings. The monoisotopic (exact) mass is 356 g/mol. The van der Waals surface area contributed by atoms with Crippen molar-refractivity contribution in [1.29, 1.82) is 0 Å². The van der Waals surface area contributed by atoms with E-state index < -0.39 is 15.6 Å². The van der Waals surface area contributed by atoms with Crippen LogP contribution in [-0.2, 0) is 9.73 Å². The maximum atomic E-state index is 12.9. The van der Waals surface area contributed by atoms with Gasteiger partial charge in [-0.3, -0.25) is 4.79 Å². The predicted molar refractivity (Wildman–Crippen MR) is 99.9 cm³/mol. The lowest BCUT2D eigenvalue weighted by molar-refractivity contribution is 0.100. The van der Waals surface area contributed by atoms with Crippen molar-refractivity contribution in [3.8, 4) is 5.75 Å². The van der Waals surface area contributed by atoms with Gasteiger partial charge in [-0.15, -0.1) is 0 Å². The van der Waals surface area contributed by atoms with E-state index in [-0.39, 0.29) is 0 Å². The number of aromatic amines is 1. The SMILES string of the molecule is COc1ccc(S(C)(=O)=NC(=O)c2cc3c(C)c(C)ccc3[nH]2)cc1. The highest BCUT2D eigenvalue weighted by Gasteiger charge is 2.14. The minimum absolute atomic E-state index is 0.340. The van der Waals surface area contributed by atoms with Gasteiger partial charge in [-0.05, 0) is 61.4 Å².